The standard InChI is InChI=1S/C38H22O3/c39-37-28-15-5-6-16-29(28)38(40)32(37)22-21-25-23-11-1-3-13-26(23)35(27-14-4-2-12-24(25)27)36-30-17-7-9-19-33(30)41-34-20-10-8-18-31(34)36/h1-22H. The van der Waals surface area contributed by atoms with Crippen LogP contribution >= 0.6 is 0 Å². The van der Waals surface area contributed by atoms with Gasteiger partial charge >= 0.3 is 0 Å². The summed E-state index contributed by atoms with van der Waals surface area (Å²) in [5.74, 6) is 1.20. The zero-order valence-electron chi connectivity index (χ0n) is 21.9. The molecule has 0 aromatic heterocycles. The molecule has 8 rings (SSSR count). The molecule has 0 atom stereocenters. The van der Waals surface area contributed by atoms with Gasteiger partial charge in [-0.2, -0.15) is 0 Å². The van der Waals surface area contributed by atoms with Crippen molar-refractivity contribution in [3.63, 3.8) is 0 Å². The van der Waals surface area contributed by atoms with Crippen LogP contribution in [-0.4, -0.2) is 11.6 Å². The van der Waals surface area contributed by atoms with Crippen LogP contribution in [0.4, 0.5) is 0 Å². The van der Waals surface area contributed by atoms with Gasteiger partial charge in [0, 0.05) is 27.8 Å². The third-order valence-corrected chi connectivity index (χ3v) is 8.08. The largest absolute Gasteiger partial charge is 0.456 e. The normalized spacial score (nSPS) is 13.6. The molecular weight excluding hydrogens is 504 g/mol. The molecule has 1 aliphatic heterocycles. The molecule has 41 heavy (non-hydrogen) atoms. The number of Topliss-reactive ketones (excluding diaryl/α,β-unsaturated/α-hetero) is 2. The molecule has 6 aromatic carbocycles. The van der Waals surface area contributed by atoms with E-state index in [-0.39, 0.29) is 17.1 Å². The number of ketones is 2. The maximum atomic E-state index is 13.1. The van der Waals surface area contributed by atoms with Crippen molar-refractivity contribution in [2.45, 2.75) is 0 Å². The maximum Gasteiger partial charge on any atom is 0.197 e. The van der Waals surface area contributed by atoms with E-state index >= 15 is 0 Å². The molecule has 3 heteroatoms. The minimum atomic E-state index is -0.224. The lowest BCUT2D eigenvalue weighted by Crippen LogP contribution is -2.20. The smallest absolute Gasteiger partial charge is 0.197 e. The summed E-state index contributed by atoms with van der Waals surface area (Å²) in [6.07, 6.45) is 3.63. The molecule has 3 nitrogen and oxygen atoms in total. The highest BCUT2D eigenvalue weighted by Crippen LogP contribution is 2.42. The van der Waals surface area contributed by atoms with Crippen molar-refractivity contribution in [3.8, 4) is 11.5 Å². The van der Waals surface area contributed by atoms with E-state index in [2.05, 4.69) is 48.5 Å². The van der Waals surface area contributed by atoms with Crippen LogP contribution in [0.3, 0.4) is 0 Å². The fourth-order valence-electron chi connectivity index (χ4n) is 6.26. The number of rotatable bonds is 1. The van der Waals surface area contributed by atoms with E-state index in [1.54, 1.807) is 30.3 Å². The summed E-state index contributed by atoms with van der Waals surface area (Å²) in [6, 6.07) is 40.1. The van der Waals surface area contributed by atoms with E-state index in [1.807, 2.05) is 54.6 Å². The van der Waals surface area contributed by atoms with E-state index in [4.69, 9.17) is 4.74 Å². The second-order valence-electron chi connectivity index (χ2n) is 10.3. The Hall–Kier alpha value is -5.54. The first kappa shape index (κ1) is 23.4. The number of hydrogen-bond donors (Lipinski definition) is 0. The monoisotopic (exact) mass is 526 g/mol. The van der Waals surface area contributed by atoms with Crippen LogP contribution in [0.15, 0.2) is 133 Å². The number of hydrogen-bond acceptors (Lipinski definition) is 3. The molecule has 0 saturated carbocycles. The van der Waals surface area contributed by atoms with E-state index < -0.39 is 0 Å². The van der Waals surface area contributed by atoms with Gasteiger partial charge in [0.25, 0.3) is 0 Å². The lowest BCUT2D eigenvalue weighted by atomic mass is 9.87. The quantitative estimate of drug-likeness (QED) is 0.130. The summed E-state index contributed by atoms with van der Waals surface area (Å²) in [5, 5.41) is 6.36. The summed E-state index contributed by atoms with van der Waals surface area (Å²) in [4.78, 5) is 26.3. The molecular formula is C38H22O3. The van der Waals surface area contributed by atoms with Crippen LogP contribution in [0.25, 0.3) is 33.2 Å². The van der Waals surface area contributed by atoms with Gasteiger partial charge in [-0.1, -0.05) is 115 Å². The Morgan fingerprint density at radius 3 is 1.37 bits per heavy atom. The van der Waals surface area contributed by atoms with Crippen molar-refractivity contribution in [2.75, 3.05) is 0 Å². The van der Waals surface area contributed by atoms with Crippen LogP contribution in [0, 0.1) is 0 Å². The Labute approximate surface area is 236 Å². The lowest BCUT2D eigenvalue weighted by Gasteiger charge is -2.24. The lowest BCUT2D eigenvalue weighted by molar-refractivity contribution is 0.0989. The zero-order chi connectivity index (χ0) is 27.5. The van der Waals surface area contributed by atoms with Crippen LogP contribution in [-0.2, 0) is 0 Å². The predicted octanol–water partition coefficient (Wildman–Crippen LogP) is 7.13. The van der Waals surface area contributed by atoms with Crippen molar-refractivity contribution >= 4 is 44.8 Å². The summed E-state index contributed by atoms with van der Waals surface area (Å²) < 4.78 is 6.32. The van der Waals surface area contributed by atoms with Crippen LogP contribution < -0.4 is 15.2 Å². The van der Waals surface area contributed by atoms with Gasteiger partial charge < -0.3 is 4.74 Å². The first-order chi connectivity index (χ1) is 20.2. The fraction of sp³-hybridized carbons (Fsp3) is 0. The first-order valence-electron chi connectivity index (χ1n) is 13.6. The zero-order valence-corrected chi connectivity index (χ0v) is 21.9. The number of fused-ring (bicyclic) bond motifs is 5. The van der Waals surface area contributed by atoms with Crippen LogP contribution in [0.1, 0.15) is 31.8 Å². The number of carbonyl (C=O) groups excluding carboxylic acids is 2. The number of ether oxygens (including phenoxy) is 1. The Bertz CT molecular complexity index is 2120. The van der Waals surface area contributed by atoms with Gasteiger partial charge in [0.15, 0.2) is 11.6 Å². The number of allylic oxidation sites excluding steroid dienone is 2. The maximum absolute atomic E-state index is 13.1. The third-order valence-electron chi connectivity index (χ3n) is 8.08. The highest BCUT2D eigenvalue weighted by molar-refractivity contribution is 6.39. The molecule has 0 N–H and O–H groups in total. The van der Waals surface area contributed by atoms with E-state index in [1.165, 1.54) is 0 Å². The summed E-state index contributed by atoms with van der Waals surface area (Å²) in [5.41, 5.74) is 4.34. The average molecular weight is 527 g/mol. The van der Waals surface area contributed by atoms with Gasteiger partial charge in [-0.25, -0.2) is 0 Å². The van der Waals surface area contributed by atoms with Gasteiger partial charge in [0.05, 0.1) is 5.57 Å². The van der Waals surface area contributed by atoms with Crippen LogP contribution in [0.2, 0.25) is 0 Å². The molecule has 0 fully saturated rings. The summed E-state index contributed by atoms with van der Waals surface area (Å²) >= 11 is 0. The van der Waals surface area contributed by atoms with E-state index in [0.29, 0.717) is 11.1 Å². The minimum Gasteiger partial charge on any atom is -0.456 e. The minimum absolute atomic E-state index is 0.199. The van der Waals surface area contributed by atoms with E-state index in [0.717, 1.165) is 60.2 Å². The molecule has 0 bridgehead atoms. The predicted molar refractivity (Wildman–Crippen MR) is 163 cm³/mol. The first-order valence-corrected chi connectivity index (χ1v) is 13.6. The van der Waals surface area contributed by atoms with Crippen molar-refractivity contribution in [3.05, 3.63) is 166 Å². The Balaban J connectivity index is 1.52. The van der Waals surface area contributed by atoms with Gasteiger partial charge in [0.1, 0.15) is 11.5 Å². The Morgan fingerprint density at radius 2 is 0.854 bits per heavy atom. The van der Waals surface area contributed by atoms with Crippen molar-refractivity contribution in [1.82, 2.24) is 0 Å². The van der Waals surface area contributed by atoms with Crippen molar-refractivity contribution in [1.29, 1.82) is 0 Å². The molecule has 1 heterocycles. The van der Waals surface area contributed by atoms with Gasteiger partial charge in [0.2, 0.25) is 0 Å². The van der Waals surface area contributed by atoms with Gasteiger partial charge in [-0.05, 0) is 50.2 Å². The number of carbonyl (C=O) groups is 2. The third kappa shape index (κ3) is 3.46. The molecule has 0 radical (unpaired) electrons. The summed E-state index contributed by atoms with van der Waals surface area (Å²) in [6.45, 7) is 0. The Morgan fingerprint density at radius 1 is 0.439 bits per heavy atom. The molecule has 6 aromatic rings. The fourth-order valence-corrected chi connectivity index (χ4v) is 6.26. The highest BCUT2D eigenvalue weighted by atomic mass is 16.5. The van der Waals surface area contributed by atoms with Crippen molar-refractivity contribution in [2.24, 2.45) is 0 Å². The number of para-hydroxylation sites is 2. The molecule has 0 amide bonds. The molecule has 1 aliphatic carbocycles. The Kier molecular flexibility index (Phi) is 5.13. The second kappa shape index (κ2) is 9.00. The summed E-state index contributed by atoms with van der Waals surface area (Å²) in [7, 11) is 0. The molecule has 0 spiro atoms. The molecule has 0 unspecified atom stereocenters. The van der Waals surface area contributed by atoms with E-state index in [9.17, 15) is 9.59 Å². The molecule has 0 saturated heterocycles. The van der Waals surface area contributed by atoms with Crippen LogP contribution in [0.5, 0.6) is 11.5 Å². The second-order valence-corrected chi connectivity index (χ2v) is 10.3. The van der Waals surface area contributed by atoms with Gasteiger partial charge in [-0.3, -0.25) is 9.59 Å². The van der Waals surface area contributed by atoms with Gasteiger partial charge in [-0.15, -0.1) is 0 Å². The molecule has 192 valence electrons. The average Bonchev–Trinajstić information content (AvgIpc) is 3.27. The topological polar surface area (TPSA) is 43.4 Å². The molecule has 2 aliphatic rings. The van der Waals surface area contributed by atoms with Crippen molar-refractivity contribution < 1.29 is 14.3 Å². The highest BCUT2D eigenvalue weighted by Gasteiger charge is 2.32. The SMILES string of the molecule is O=C1C(=CC=c2c3ccccc3c(=C3c4ccccc4Oc4ccccc43)c3ccccc23)C(=O)c2ccccc21. The number of benzene rings is 6.